The minimum Gasteiger partial charge on any atom is -0.324 e. The van der Waals surface area contributed by atoms with Crippen LogP contribution in [0, 0.1) is 10.8 Å². The number of allylic oxidation sites excluding steroid dienone is 4. The molecule has 24 heavy (non-hydrogen) atoms. The zero-order valence-electron chi connectivity index (χ0n) is 15.5. The van der Waals surface area contributed by atoms with E-state index in [2.05, 4.69) is 82.3 Å². The number of hydrogen-bond donors (Lipinski definition) is 1. The molecule has 1 aliphatic carbocycles. The second-order valence-corrected chi connectivity index (χ2v) is 8.81. The summed E-state index contributed by atoms with van der Waals surface area (Å²) in [4.78, 5) is 0. The maximum absolute atomic E-state index is 5.98. The van der Waals surface area contributed by atoms with Gasteiger partial charge in [-0.25, -0.2) is 0 Å². The zero-order valence-corrected chi connectivity index (χ0v) is 15.5. The fourth-order valence-electron chi connectivity index (χ4n) is 4.05. The number of rotatable bonds is 2. The van der Waals surface area contributed by atoms with Crippen LogP contribution in [0.3, 0.4) is 0 Å². The summed E-state index contributed by atoms with van der Waals surface area (Å²) in [5, 5.41) is 0. The molecule has 1 saturated heterocycles. The Morgan fingerprint density at radius 2 is 1.79 bits per heavy atom. The maximum Gasteiger partial charge on any atom is 0.176 e. The lowest BCUT2D eigenvalue weighted by Crippen LogP contribution is -2.28. The molecule has 0 amide bonds. The van der Waals surface area contributed by atoms with Gasteiger partial charge < -0.3 is 5.73 Å². The van der Waals surface area contributed by atoms with Crippen molar-refractivity contribution in [3.8, 4) is 0 Å². The maximum atomic E-state index is 5.98. The van der Waals surface area contributed by atoms with E-state index >= 15 is 0 Å². The molecule has 0 saturated carbocycles. The van der Waals surface area contributed by atoms with E-state index in [1.54, 1.807) is 0 Å². The van der Waals surface area contributed by atoms with E-state index in [0.717, 1.165) is 6.42 Å². The molecule has 1 aliphatic heterocycles. The van der Waals surface area contributed by atoms with Crippen LogP contribution in [0.4, 0.5) is 0 Å². The van der Waals surface area contributed by atoms with Crippen molar-refractivity contribution in [1.29, 1.82) is 0 Å². The van der Waals surface area contributed by atoms with Gasteiger partial charge in [0.2, 0.25) is 0 Å². The minimum atomic E-state index is 0.133. The van der Waals surface area contributed by atoms with Crippen LogP contribution in [0.15, 0.2) is 54.6 Å². The Morgan fingerprint density at radius 1 is 1.08 bits per heavy atom. The van der Waals surface area contributed by atoms with Gasteiger partial charge in [-0.15, -0.1) is 0 Å². The molecular formula is C22H30BN. The van der Waals surface area contributed by atoms with Crippen LogP contribution in [0.5, 0.6) is 0 Å². The van der Waals surface area contributed by atoms with Crippen LogP contribution < -0.4 is 11.2 Å². The summed E-state index contributed by atoms with van der Waals surface area (Å²) in [5.74, 6) is 0. The van der Waals surface area contributed by atoms with Gasteiger partial charge in [0.25, 0.3) is 0 Å². The zero-order chi connectivity index (χ0) is 17.4. The average molecular weight is 319 g/mol. The quantitative estimate of drug-likeness (QED) is 0.787. The van der Waals surface area contributed by atoms with E-state index in [4.69, 9.17) is 5.73 Å². The highest BCUT2D eigenvalue weighted by Gasteiger charge is 2.47. The highest BCUT2D eigenvalue weighted by molar-refractivity contribution is 6.74. The fraction of sp³-hybridized carbons (Fsp3) is 0.455. The summed E-state index contributed by atoms with van der Waals surface area (Å²) in [7, 11) is 0. The minimum absolute atomic E-state index is 0.133. The first-order valence-corrected chi connectivity index (χ1v) is 9.19. The van der Waals surface area contributed by atoms with Gasteiger partial charge in [-0.1, -0.05) is 100 Å². The summed E-state index contributed by atoms with van der Waals surface area (Å²) >= 11 is 0. The Balaban J connectivity index is 1.88. The molecule has 1 nitrogen and oxygen atoms in total. The third-order valence-electron chi connectivity index (χ3n) is 6.38. The highest BCUT2D eigenvalue weighted by atomic mass is 14.6. The monoisotopic (exact) mass is 319 g/mol. The lowest BCUT2D eigenvalue weighted by atomic mass is 9.42. The Kier molecular flexibility index (Phi) is 4.61. The number of nitrogens with two attached hydrogens (primary N) is 1. The SMILES string of the molecule is CC1(C)CB(c2cccc(C3=C/C=C/C(N)C/C=C\3)c2)CC1(C)C. The van der Waals surface area contributed by atoms with Crippen LogP contribution in [0.25, 0.3) is 5.57 Å². The molecule has 2 heteroatoms. The number of benzene rings is 1. The van der Waals surface area contributed by atoms with Gasteiger partial charge in [0.1, 0.15) is 0 Å². The van der Waals surface area contributed by atoms with Crippen molar-refractivity contribution in [1.82, 2.24) is 0 Å². The lowest BCUT2D eigenvalue weighted by molar-refractivity contribution is 0.177. The average Bonchev–Trinajstić information content (AvgIpc) is 2.71. The largest absolute Gasteiger partial charge is 0.324 e. The van der Waals surface area contributed by atoms with Crippen molar-refractivity contribution in [2.45, 2.75) is 52.8 Å². The highest BCUT2D eigenvalue weighted by Crippen LogP contribution is 2.52. The van der Waals surface area contributed by atoms with E-state index in [9.17, 15) is 0 Å². The Labute approximate surface area is 147 Å². The van der Waals surface area contributed by atoms with Crippen molar-refractivity contribution >= 4 is 17.7 Å². The van der Waals surface area contributed by atoms with Crippen molar-refractivity contribution in [2.75, 3.05) is 0 Å². The molecule has 0 bridgehead atoms. The molecule has 3 rings (SSSR count). The second kappa shape index (κ2) is 6.40. The first-order valence-electron chi connectivity index (χ1n) is 9.19. The predicted octanol–water partition coefficient (Wildman–Crippen LogP) is 4.68. The molecule has 1 heterocycles. The summed E-state index contributed by atoms with van der Waals surface area (Å²) in [5.41, 5.74) is 10.8. The van der Waals surface area contributed by atoms with Crippen LogP contribution in [-0.4, -0.2) is 12.8 Å². The van der Waals surface area contributed by atoms with E-state index in [1.807, 2.05) is 0 Å². The third-order valence-corrected chi connectivity index (χ3v) is 6.38. The molecule has 2 aliphatic rings. The molecule has 1 unspecified atom stereocenters. The Bertz CT molecular complexity index is 678. The van der Waals surface area contributed by atoms with Crippen molar-refractivity contribution in [3.63, 3.8) is 0 Å². The Hall–Kier alpha value is -1.54. The van der Waals surface area contributed by atoms with Gasteiger partial charge in [0, 0.05) is 6.04 Å². The summed E-state index contributed by atoms with van der Waals surface area (Å²) in [6, 6.07) is 9.28. The van der Waals surface area contributed by atoms with E-state index < -0.39 is 0 Å². The summed E-state index contributed by atoms with van der Waals surface area (Å²) in [6.45, 7) is 10.4. The smallest absolute Gasteiger partial charge is 0.176 e. The van der Waals surface area contributed by atoms with E-state index in [0.29, 0.717) is 17.5 Å². The number of hydrogen-bond acceptors (Lipinski definition) is 1. The van der Waals surface area contributed by atoms with Gasteiger partial charge in [-0.05, 0) is 28.4 Å². The molecule has 126 valence electrons. The third kappa shape index (κ3) is 3.44. The molecule has 1 aromatic carbocycles. The fourth-order valence-corrected chi connectivity index (χ4v) is 4.05. The molecule has 0 radical (unpaired) electrons. The van der Waals surface area contributed by atoms with Crippen LogP contribution in [-0.2, 0) is 0 Å². The van der Waals surface area contributed by atoms with Crippen LogP contribution in [0.1, 0.15) is 39.7 Å². The summed E-state index contributed by atoms with van der Waals surface area (Å²) < 4.78 is 0. The van der Waals surface area contributed by atoms with Gasteiger partial charge in [0.05, 0.1) is 0 Å². The van der Waals surface area contributed by atoms with Gasteiger partial charge >= 0.3 is 0 Å². The molecule has 0 spiro atoms. The molecule has 1 fully saturated rings. The summed E-state index contributed by atoms with van der Waals surface area (Å²) in [6.07, 6.45) is 14.2. The molecular weight excluding hydrogens is 289 g/mol. The first kappa shape index (κ1) is 17.3. The second-order valence-electron chi connectivity index (χ2n) is 8.81. The first-order chi connectivity index (χ1) is 11.3. The Morgan fingerprint density at radius 3 is 2.50 bits per heavy atom. The van der Waals surface area contributed by atoms with Crippen molar-refractivity contribution < 1.29 is 0 Å². The molecule has 0 aromatic heterocycles. The van der Waals surface area contributed by atoms with Crippen LogP contribution in [0.2, 0.25) is 12.6 Å². The topological polar surface area (TPSA) is 26.0 Å². The molecule has 1 aromatic rings. The van der Waals surface area contributed by atoms with Gasteiger partial charge in [0.15, 0.2) is 6.71 Å². The van der Waals surface area contributed by atoms with Crippen LogP contribution >= 0.6 is 0 Å². The molecule has 1 atom stereocenters. The van der Waals surface area contributed by atoms with E-state index in [1.165, 1.54) is 29.2 Å². The van der Waals surface area contributed by atoms with E-state index in [-0.39, 0.29) is 6.04 Å². The normalized spacial score (nSPS) is 30.1. The molecule has 2 N–H and O–H groups in total. The lowest BCUT2D eigenvalue weighted by Gasteiger charge is -2.35. The van der Waals surface area contributed by atoms with Gasteiger partial charge in [-0.3, -0.25) is 0 Å². The van der Waals surface area contributed by atoms with Gasteiger partial charge in [-0.2, -0.15) is 0 Å². The van der Waals surface area contributed by atoms with Crippen molar-refractivity contribution in [3.05, 3.63) is 60.2 Å². The van der Waals surface area contributed by atoms with Crippen molar-refractivity contribution in [2.24, 2.45) is 16.6 Å². The predicted molar refractivity (Wildman–Crippen MR) is 108 cm³/mol. The standard InChI is InChI=1S/C22H30BN/c1-21(2)15-23(16-22(21,3)4)19-11-5-10-18(14-19)17-8-6-12-20(24)13-7-9-17/h5-12,14,20H,13,15-16,24H2,1-4H3/b9-7-,12-6+,17-8+.